The van der Waals surface area contributed by atoms with Gasteiger partial charge in [-0.3, -0.25) is 4.98 Å². The molecule has 2 rings (SSSR count). The maximum absolute atomic E-state index is 10.6. The van der Waals surface area contributed by atoms with Gasteiger partial charge in [0.2, 0.25) is 0 Å². The zero-order valence-electron chi connectivity index (χ0n) is 9.51. The van der Waals surface area contributed by atoms with Gasteiger partial charge in [-0.05, 0) is 38.1 Å². The number of nitrogens with zero attached hydrogens (tertiary/aromatic N) is 2. The molecule has 3 nitrogen and oxygen atoms in total. The van der Waals surface area contributed by atoms with Crippen molar-refractivity contribution in [1.29, 1.82) is 0 Å². The fourth-order valence-corrected chi connectivity index (χ4v) is 2.13. The Morgan fingerprint density at radius 1 is 1.38 bits per heavy atom. The van der Waals surface area contributed by atoms with Crippen molar-refractivity contribution in [2.75, 3.05) is 19.6 Å². The summed E-state index contributed by atoms with van der Waals surface area (Å²) < 4.78 is 0. The largest absolute Gasteiger partial charge is 0.303 e. The fraction of sp³-hybridized carbons (Fsp3) is 0.538. The van der Waals surface area contributed by atoms with Crippen molar-refractivity contribution in [2.45, 2.75) is 19.3 Å². The molecule has 0 radical (unpaired) electrons. The summed E-state index contributed by atoms with van der Waals surface area (Å²) in [6.07, 6.45) is 5.99. The van der Waals surface area contributed by atoms with Crippen LogP contribution in [0, 0.1) is 5.92 Å². The Morgan fingerprint density at radius 3 is 2.81 bits per heavy atom. The molecule has 0 aromatic carbocycles. The van der Waals surface area contributed by atoms with E-state index < -0.39 is 0 Å². The number of aromatic nitrogens is 1. The average molecular weight is 218 g/mol. The highest BCUT2D eigenvalue weighted by atomic mass is 16.1. The number of carbonyl (C=O) groups excluding carboxylic acids is 1. The molecule has 0 bridgehead atoms. The average Bonchev–Trinajstić information content (AvgIpc) is 2.38. The minimum absolute atomic E-state index is 0.297. The zero-order chi connectivity index (χ0) is 11.2. The highest BCUT2D eigenvalue weighted by Gasteiger charge is 2.17. The van der Waals surface area contributed by atoms with Gasteiger partial charge in [-0.2, -0.15) is 0 Å². The topological polar surface area (TPSA) is 33.2 Å². The third-order valence-corrected chi connectivity index (χ3v) is 3.24. The molecule has 1 fully saturated rings. The van der Waals surface area contributed by atoms with Crippen LogP contribution < -0.4 is 0 Å². The summed E-state index contributed by atoms with van der Waals surface area (Å²) in [6.45, 7) is 3.16. The summed E-state index contributed by atoms with van der Waals surface area (Å²) in [5, 5.41) is 0. The molecule has 0 unspecified atom stereocenters. The Kier molecular flexibility index (Phi) is 4.05. The molecule has 86 valence electrons. The lowest BCUT2D eigenvalue weighted by molar-refractivity contribution is -0.112. The molecular weight excluding hydrogens is 200 g/mol. The number of piperidine rings is 1. The van der Waals surface area contributed by atoms with Crippen molar-refractivity contribution in [2.24, 2.45) is 5.92 Å². The maximum Gasteiger partial charge on any atom is 0.123 e. The second kappa shape index (κ2) is 5.75. The summed E-state index contributed by atoms with van der Waals surface area (Å²) in [7, 11) is 0. The molecule has 1 aliphatic rings. The molecule has 3 heteroatoms. The molecule has 0 atom stereocenters. The van der Waals surface area contributed by atoms with Gasteiger partial charge in [-0.1, -0.05) is 6.07 Å². The van der Waals surface area contributed by atoms with E-state index in [1.165, 1.54) is 0 Å². The van der Waals surface area contributed by atoms with Gasteiger partial charge in [0.15, 0.2) is 0 Å². The number of rotatable bonds is 4. The van der Waals surface area contributed by atoms with Gasteiger partial charge in [0.25, 0.3) is 0 Å². The van der Waals surface area contributed by atoms with Crippen LogP contribution in [-0.4, -0.2) is 35.8 Å². The Bertz CT molecular complexity index is 318. The van der Waals surface area contributed by atoms with E-state index in [4.69, 9.17) is 0 Å². The Labute approximate surface area is 96.5 Å². The predicted molar refractivity (Wildman–Crippen MR) is 63.2 cm³/mol. The van der Waals surface area contributed by atoms with Gasteiger partial charge in [-0.25, -0.2) is 0 Å². The van der Waals surface area contributed by atoms with E-state index in [1.54, 1.807) is 0 Å². The van der Waals surface area contributed by atoms with Crippen molar-refractivity contribution in [3.05, 3.63) is 30.1 Å². The second-order valence-corrected chi connectivity index (χ2v) is 4.39. The van der Waals surface area contributed by atoms with Gasteiger partial charge in [0, 0.05) is 30.8 Å². The molecule has 16 heavy (non-hydrogen) atoms. The zero-order valence-corrected chi connectivity index (χ0v) is 9.51. The molecule has 1 aromatic heterocycles. The molecule has 1 saturated heterocycles. The lowest BCUT2D eigenvalue weighted by Crippen LogP contribution is -2.35. The van der Waals surface area contributed by atoms with E-state index in [9.17, 15) is 4.79 Å². The standard InChI is InChI=1S/C13H18N2O/c16-11-12-4-8-15(9-5-12)10-6-13-3-1-2-7-14-13/h1-3,7,11-12H,4-6,8-10H2. The van der Waals surface area contributed by atoms with Gasteiger partial charge in [0.05, 0.1) is 0 Å². The molecule has 0 spiro atoms. The van der Waals surface area contributed by atoms with Crippen LogP contribution in [0.1, 0.15) is 18.5 Å². The minimum Gasteiger partial charge on any atom is -0.303 e. The minimum atomic E-state index is 0.297. The van der Waals surface area contributed by atoms with E-state index in [1.807, 2.05) is 18.3 Å². The second-order valence-electron chi connectivity index (χ2n) is 4.39. The SMILES string of the molecule is O=CC1CCN(CCc2ccccn2)CC1. The molecule has 1 aliphatic heterocycles. The molecule has 0 aliphatic carbocycles. The van der Waals surface area contributed by atoms with Crippen LogP contribution in [0.3, 0.4) is 0 Å². The van der Waals surface area contributed by atoms with E-state index in [0.29, 0.717) is 5.92 Å². The van der Waals surface area contributed by atoms with Crippen molar-refractivity contribution in [3.8, 4) is 0 Å². The normalized spacial score (nSPS) is 18.5. The Morgan fingerprint density at radius 2 is 2.19 bits per heavy atom. The van der Waals surface area contributed by atoms with Crippen LogP contribution in [0.15, 0.2) is 24.4 Å². The highest BCUT2D eigenvalue weighted by molar-refractivity contribution is 5.53. The third kappa shape index (κ3) is 3.14. The lowest BCUT2D eigenvalue weighted by Gasteiger charge is -2.29. The van der Waals surface area contributed by atoms with Crippen LogP contribution in [-0.2, 0) is 11.2 Å². The lowest BCUT2D eigenvalue weighted by atomic mass is 9.98. The highest BCUT2D eigenvalue weighted by Crippen LogP contribution is 2.14. The number of hydrogen-bond acceptors (Lipinski definition) is 3. The van der Waals surface area contributed by atoms with Crippen LogP contribution in [0.25, 0.3) is 0 Å². The van der Waals surface area contributed by atoms with E-state index >= 15 is 0 Å². The molecule has 0 N–H and O–H groups in total. The Balaban J connectivity index is 1.73. The van der Waals surface area contributed by atoms with Crippen LogP contribution >= 0.6 is 0 Å². The first-order chi connectivity index (χ1) is 7.88. The van der Waals surface area contributed by atoms with Crippen molar-refractivity contribution < 1.29 is 4.79 Å². The van der Waals surface area contributed by atoms with E-state index in [0.717, 1.165) is 50.9 Å². The fourth-order valence-electron chi connectivity index (χ4n) is 2.13. The summed E-state index contributed by atoms with van der Waals surface area (Å²) in [5.74, 6) is 0.297. The van der Waals surface area contributed by atoms with Gasteiger partial charge >= 0.3 is 0 Å². The van der Waals surface area contributed by atoms with E-state index in [-0.39, 0.29) is 0 Å². The van der Waals surface area contributed by atoms with Gasteiger partial charge in [-0.15, -0.1) is 0 Å². The number of hydrogen-bond donors (Lipinski definition) is 0. The van der Waals surface area contributed by atoms with E-state index in [2.05, 4.69) is 16.0 Å². The quantitative estimate of drug-likeness (QED) is 0.719. The number of likely N-dealkylation sites (tertiary alicyclic amines) is 1. The first-order valence-electron chi connectivity index (χ1n) is 5.96. The van der Waals surface area contributed by atoms with Crippen LogP contribution in [0.4, 0.5) is 0 Å². The monoisotopic (exact) mass is 218 g/mol. The molecule has 1 aromatic rings. The van der Waals surface area contributed by atoms with Crippen LogP contribution in [0.2, 0.25) is 0 Å². The third-order valence-electron chi connectivity index (χ3n) is 3.24. The van der Waals surface area contributed by atoms with Crippen molar-refractivity contribution in [1.82, 2.24) is 9.88 Å². The summed E-state index contributed by atoms with van der Waals surface area (Å²) >= 11 is 0. The number of pyridine rings is 1. The smallest absolute Gasteiger partial charge is 0.123 e. The summed E-state index contributed by atoms with van der Waals surface area (Å²) in [4.78, 5) is 17.4. The molecular formula is C13H18N2O. The summed E-state index contributed by atoms with van der Waals surface area (Å²) in [6, 6.07) is 6.04. The first kappa shape index (κ1) is 11.3. The molecule has 2 heterocycles. The number of carbonyl (C=O) groups is 1. The summed E-state index contributed by atoms with van der Waals surface area (Å²) in [5.41, 5.74) is 1.15. The molecule has 0 amide bonds. The Hall–Kier alpha value is -1.22. The van der Waals surface area contributed by atoms with Crippen molar-refractivity contribution in [3.63, 3.8) is 0 Å². The van der Waals surface area contributed by atoms with Gasteiger partial charge in [0.1, 0.15) is 6.29 Å². The van der Waals surface area contributed by atoms with Crippen LogP contribution in [0.5, 0.6) is 0 Å². The molecule has 0 saturated carbocycles. The number of aldehydes is 1. The predicted octanol–water partition coefficient (Wildman–Crippen LogP) is 1.54. The van der Waals surface area contributed by atoms with Crippen molar-refractivity contribution >= 4 is 6.29 Å². The van der Waals surface area contributed by atoms with Gasteiger partial charge < -0.3 is 9.69 Å². The first-order valence-corrected chi connectivity index (χ1v) is 5.96. The maximum atomic E-state index is 10.6.